The van der Waals surface area contributed by atoms with Crippen molar-refractivity contribution in [2.75, 3.05) is 26.8 Å². The van der Waals surface area contributed by atoms with E-state index < -0.39 is 0 Å². The van der Waals surface area contributed by atoms with E-state index in [1.165, 1.54) is 33.4 Å². The zero-order valence-electron chi connectivity index (χ0n) is 65.2. The van der Waals surface area contributed by atoms with Crippen molar-refractivity contribution in [1.29, 1.82) is 0 Å². The molecule has 0 bridgehead atoms. The van der Waals surface area contributed by atoms with E-state index >= 15 is 4.39 Å². The van der Waals surface area contributed by atoms with E-state index in [0.717, 1.165) is 110 Å². The number of halogens is 1. The average molecular weight is 1500 g/mol. The van der Waals surface area contributed by atoms with Gasteiger partial charge in [0, 0.05) is 77.2 Å². The smallest absolute Gasteiger partial charge is 0.267 e. The molecule has 0 atom stereocenters. The average Bonchev–Trinajstić information content (AvgIpc) is 1.62. The Labute approximate surface area is 613 Å². The van der Waals surface area contributed by atoms with Gasteiger partial charge in [-0.25, -0.2) is 4.39 Å². The van der Waals surface area contributed by atoms with Gasteiger partial charge < -0.3 is 48.6 Å². The topological polar surface area (TPSA) is 79.2 Å². The van der Waals surface area contributed by atoms with Crippen LogP contribution in [0.25, 0.3) is 77.2 Å². The second-order valence-electron chi connectivity index (χ2n) is 36.4. The molecule has 528 valence electrons. The van der Waals surface area contributed by atoms with Crippen LogP contribution in [0.5, 0.6) is 23.0 Å². The minimum atomic E-state index is -0.385. The van der Waals surface area contributed by atoms with Crippen LogP contribution in [0, 0.1) is 38.4 Å². The van der Waals surface area contributed by atoms with Crippen LogP contribution >= 0.6 is 0 Å². The molecule has 8 aromatic carbocycles. The van der Waals surface area contributed by atoms with Crippen LogP contribution in [0.2, 0.25) is 0 Å². The summed E-state index contributed by atoms with van der Waals surface area (Å²) < 4.78 is 32.1. The number of likely N-dealkylation sites (N-methyl/N-ethyl adjacent to an activating group) is 1. The summed E-state index contributed by atoms with van der Waals surface area (Å²) in [5, 5.41) is 31.4. The Morgan fingerprint density at radius 3 is 1.15 bits per heavy atom. The number of nitrogens with zero attached hydrogens (tertiary/aromatic N) is 3. The van der Waals surface area contributed by atoms with Gasteiger partial charge in [-0.05, 0) is 182 Å². The van der Waals surface area contributed by atoms with E-state index in [-0.39, 0.29) is 101 Å². The van der Waals surface area contributed by atoms with Gasteiger partial charge in [-0.15, -0.1) is 0 Å². The summed E-state index contributed by atoms with van der Waals surface area (Å²) in [6.07, 6.45) is 3.28. The van der Waals surface area contributed by atoms with Crippen molar-refractivity contribution < 1.29 is 49.9 Å². The van der Waals surface area contributed by atoms with Crippen LogP contribution < -0.4 is 0 Å². The first kappa shape index (κ1) is 78.0. The first-order valence-electron chi connectivity index (χ1n) is 35.3. The zero-order chi connectivity index (χ0) is 70.1. The SMILES string of the molecule is Cc1cc(F)cc(-c2cc(C(C)(C)CC(C)(C)C)cc(-n3c4cc(C(C)(C)C)ccc4c4ccc(C(C)(C)C)cc43)c2O)c1[OH+]CCC[OH+]c1c(-c2cc(C(C)(C)CC(C)(C)C)cc(-n3c4cc(C(C)(C)C)ccc4c4ccc(C(C)(C)C)cc43)c2O)ccc2c1CN(C)CC2.[CH3-].[CH3-].[Hf]. The number of benzene rings is 8. The Hall–Kier alpha value is -6.68. The zero-order valence-corrected chi connectivity index (χ0v) is 68.8. The van der Waals surface area contributed by atoms with Gasteiger partial charge in [0.15, 0.2) is 13.2 Å². The van der Waals surface area contributed by atoms with Gasteiger partial charge in [-0.3, -0.25) is 0 Å². The van der Waals surface area contributed by atoms with Gasteiger partial charge in [-0.2, -0.15) is 0 Å². The molecule has 99 heavy (non-hydrogen) atoms. The maximum Gasteiger partial charge on any atom is 0.267 e. The molecule has 4 N–H and O–H groups in total. The van der Waals surface area contributed by atoms with Crippen LogP contribution in [0.4, 0.5) is 4.39 Å². The summed E-state index contributed by atoms with van der Waals surface area (Å²) in [6, 6.07) is 43.8. The number of phenols is 2. The Bertz CT molecular complexity index is 4520. The Morgan fingerprint density at radius 1 is 0.424 bits per heavy atom. The predicted molar refractivity (Wildman–Crippen MR) is 420 cm³/mol. The summed E-state index contributed by atoms with van der Waals surface area (Å²) in [6.45, 7) is 54.6. The monoisotopic (exact) mass is 1500 g/mol. The van der Waals surface area contributed by atoms with Gasteiger partial charge in [0.25, 0.3) is 11.5 Å². The van der Waals surface area contributed by atoms with Crippen molar-refractivity contribution in [2.24, 2.45) is 10.8 Å². The predicted octanol–water partition coefficient (Wildman–Crippen LogP) is 24.2. The number of fused-ring (bicyclic) bond motifs is 7. The summed E-state index contributed by atoms with van der Waals surface area (Å²) in [7, 11) is 2.18. The molecule has 0 amide bonds. The standard InChI is InChI=1S/C88H110FN3O4.2CH3.Hf/c1-53-40-61(89)49-69(68-42-60(88(22,23)52-82(5,6)7)48-76(78(68)94)92-73-45-57(85(14,15)16)29-34-64(73)65-35-30-58(46-74(65)92)86(17,18)19)79(53)95-38-25-39-96-80-66(31-26-54-36-37-90(24)50-70(54)80)67-41-59(87(20,21)51-81(2,3)4)47-75(77(67)93)91-71-43-55(83(8,9)10)27-32-62(71)63-33-28-56(44-72(63)91)84(11,12)13;;;/h26-35,40-49,93-94H,25,36-39,50-52H2,1-24H3;2*1H3;/q;2*-1;/p+2. The third kappa shape index (κ3) is 15.7. The molecule has 0 fully saturated rings. The molecule has 0 radical (unpaired) electrons. The molecule has 2 aromatic heterocycles. The summed E-state index contributed by atoms with van der Waals surface area (Å²) in [5.74, 6) is 1.47. The molecule has 0 aliphatic carbocycles. The molecule has 3 heterocycles. The first-order chi connectivity index (χ1) is 44.4. The molecular weight excluding hydrogens is 1380 g/mol. The Morgan fingerprint density at radius 2 is 0.788 bits per heavy atom. The van der Waals surface area contributed by atoms with Crippen LogP contribution in [0.15, 0.2) is 121 Å². The Kier molecular flexibility index (Phi) is 21.8. The van der Waals surface area contributed by atoms with E-state index in [2.05, 4.69) is 283 Å². The van der Waals surface area contributed by atoms with Crippen LogP contribution in [-0.4, -0.2) is 60.5 Å². The minimum Gasteiger partial charge on any atom is -0.582 e. The number of hydrogen-bond donors (Lipinski definition) is 2. The van der Waals surface area contributed by atoms with Crippen molar-refractivity contribution in [3.8, 4) is 56.6 Å². The summed E-state index contributed by atoms with van der Waals surface area (Å²) in [4.78, 5) is 2.37. The van der Waals surface area contributed by atoms with Crippen molar-refractivity contribution in [3.05, 3.63) is 192 Å². The number of aromatic hydroxyl groups is 4. The first-order valence-corrected chi connectivity index (χ1v) is 35.3. The molecule has 0 unspecified atom stereocenters. The van der Waals surface area contributed by atoms with Gasteiger partial charge in [-0.1, -0.05) is 207 Å². The quantitative estimate of drug-likeness (QED) is 0.0493. The van der Waals surface area contributed by atoms with Crippen molar-refractivity contribution in [1.82, 2.24) is 14.0 Å². The molecule has 9 heteroatoms. The summed E-state index contributed by atoms with van der Waals surface area (Å²) in [5.41, 5.74) is 17.4. The molecule has 0 saturated heterocycles. The third-order valence-electron chi connectivity index (χ3n) is 20.4. The number of ether oxygens (including phenoxy) is 2. The summed E-state index contributed by atoms with van der Waals surface area (Å²) >= 11 is 0. The molecular formula is C90H118FHfN3O4. The molecule has 10 aromatic rings. The fraction of sp³-hybridized carbons (Fsp3) is 0.444. The van der Waals surface area contributed by atoms with Crippen molar-refractivity contribution in [2.45, 2.75) is 224 Å². The molecule has 1 aliphatic heterocycles. The van der Waals surface area contributed by atoms with Crippen LogP contribution in [-0.2, 0) is 71.3 Å². The second kappa shape index (κ2) is 27.6. The molecule has 0 spiro atoms. The van der Waals surface area contributed by atoms with Crippen molar-refractivity contribution >= 4 is 43.6 Å². The third-order valence-corrected chi connectivity index (χ3v) is 20.4. The number of rotatable bonds is 14. The number of aryl methyl sites for hydroxylation is 1. The largest absolute Gasteiger partial charge is 0.582 e. The van der Waals surface area contributed by atoms with E-state index in [0.29, 0.717) is 47.8 Å². The van der Waals surface area contributed by atoms with Crippen LogP contribution in [0.3, 0.4) is 0 Å². The van der Waals surface area contributed by atoms with Gasteiger partial charge in [0.2, 0.25) is 0 Å². The number of phenolic OH excluding ortho intramolecular Hbond substituents is 2. The Balaban J connectivity index is 0.00000416. The maximum absolute atomic E-state index is 16.4. The molecule has 0 saturated carbocycles. The second-order valence-corrected chi connectivity index (χ2v) is 36.4. The minimum absolute atomic E-state index is 0. The van der Waals surface area contributed by atoms with Gasteiger partial charge in [0.1, 0.15) is 23.7 Å². The van der Waals surface area contributed by atoms with Gasteiger partial charge >= 0.3 is 0 Å². The molecule has 1 aliphatic rings. The van der Waals surface area contributed by atoms with Crippen molar-refractivity contribution in [3.63, 3.8) is 0 Å². The van der Waals surface area contributed by atoms with Gasteiger partial charge in [0.05, 0.1) is 50.1 Å². The van der Waals surface area contributed by atoms with E-state index in [9.17, 15) is 10.2 Å². The fourth-order valence-corrected chi connectivity index (χ4v) is 15.8. The normalized spacial score (nSPS) is 13.8. The number of aliphatic hydroxyl groups is 2. The van der Waals surface area contributed by atoms with E-state index in [1.807, 2.05) is 6.92 Å². The van der Waals surface area contributed by atoms with E-state index in [1.54, 1.807) is 12.1 Å². The molecule has 11 rings (SSSR count). The number of hydrogen-bond acceptors (Lipinski definition) is 3. The molecule has 7 nitrogen and oxygen atoms in total. The van der Waals surface area contributed by atoms with Crippen LogP contribution in [0.1, 0.15) is 222 Å². The number of aromatic nitrogens is 2. The fourth-order valence-electron chi connectivity index (χ4n) is 15.8. The van der Waals surface area contributed by atoms with E-state index in [4.69, 9.17) is 9.47 Å². The maximum atomic E-state index is 16.4.